The van der Waals surface area contributed by atoms with Crippen molar-refractivity contribution in [1.82, 2.24) is 4.98 Å². The number of thiophene rings is 1. The molecule has 1 amide bonds. The Hall–Kier alpha value is -2.98. The van der Waals surface area contributed by atoms with Crippen LogP contribution in [0.4, 0.5) is 5.82 Å². The van der Waals surface area contributed by atoms with Gasteiger partial charge in [0.15, 0.2) is 5.78 Å². The lowest BCUT2D eigenvalue weighted by Gasteiger charge is -2.10. The van der Waals surface area contributed by atoms with Gasteiger partial charge < -0.3 is 19.8 Å². The van der Waals surface area contributed by atoms with E-state index in [9.17, 15) is 14.2 Å². The Balaban J connectivity index is 1.67. The molecule has 4 rings (SSSR count). The third-order valence-electron chi connectivity index (χ3n) is 5.50. The van der Waals surface area contributed by atoms with Gasteiger partial charge in [-0.1, -0.05) is 18.2 Å². The first-order valence-electron chi connectivity index (χ1n) is 10.5. The minimum Gasteiger partial charge on any atom is -0.380 e. The number of pyridine rings is 1. The average molecular weight is 514 g/mol. The molecule has 0 spiro atoms. The van der Waals surface area contributed by atoms with Gasteiger partial charge in [0.1, 0.15) is 5.82 Å². The van der Waals surface area contributed by atoms with Gasteiger partial charge in [-0.2, -0.15) is 0 Å². The van der Waals surface area contributed by atoms with E-state index in [1.807, 2.05) is 13.0 Å². The summed E-state index contributed by atoms with van der Waals surface area (Å²) in [5.74, 6) is -0.118. The van der Waals surface area contributed by atoms with Crippen molar-refractivity contribution < 1.29 is 33.2 Å². The molecule has 11 heteroatoms. The zero-order valence-corrected chi connectivity index (χ0v) is 20.9. The van der Waals surface area contributed by atoms with Crippen LogP contribution in [0.5, 0.6) is 0 Å². The van der Waals surface area contributed by atoms with E-state index in [4.69, 9.17) is 14.5 Å². The molecule has 0 saturated carbocycles. The maximum absolute atomic E-state index is 13.2. The van der Waals surface area contributed by atoms with Crippen LogP contribution in [-0.4, -0.2) is 33.6 Å². The Labute approximate surface area is 205 Å². The fraction of sp³-hybridized carbons (Fsp3) is 0.208. The summed E-state index contributed by atoms with van der Waals surface area (Å²) in [6.45, 7) is 3.42. The molecule has 182 valence electrons. The summed E-state index contributed by atoms with van der Waals surface area (Å²) in [7, 11) is -3.02. The Kier molecular flexibility index (Phi) is 7.14. The van der Waals surface area contributed by atoms with Crippen LogP contribution < -0.4 is 5.32 Å². The van der Waals surface area contributed by atoms with Crippen LogP contribution in [0.1, 0.15) is 43.6 Å². The minimum atomic E-state index is -4.61. The Morgan fingerprint density at radius 3 is 2.54 bits per heavy atom. The number of carbonyl (C=O) groups is 2. The maximum Gasteiger partial charge on any atom is 0.469 e. The topological polar surface area (TPSA) is 135 Å². The molecule has 0 atom stereocenters. The van der Waals surface area contributed by atoms with Gasteiger partial charge >= 0.3 is 7.82 Å². The van der Waals surface area contributed by atoms with Gasteiger partial charge in [0.05, 0.1) is 23.6 Å². The highest BCUT2D eigenvalue weighted by molar-refractivity contribution is 7.46. The normalized spacial score (nSPS) is 11.8. The number of nitrogens with one attached hydrogen (secondary N) is 1. The van der Waals surface area contributed by atoms with E-state index in [2.05, 4.69) is 14.8 Å². The SMILES string of the molecule is COCc1ccc(C(C)=O)c2sc(C(=O)Nc3ccc4c(COP(=O)(O)O)cccc4n3)c(C)c12. The molecule has 0 aliphatic heterocycles. The molecule has 2 aromatic heterocycles. The summed E-state index contributed by atoms with van der Waals surface area (Å²) in [4.78, 5) is 48.3. The average Bonchev–Trinajstić information content (AvgIpc) is 3.15. The van der Waals surface area contributed by atoms with Gasteiger partial charge in [-0.15, -0.1) is 11.3 Å². The standard InChI is InChI=1S/C24H23N2O7PS/c1-13-21-16(11-32-3)7-8-17(14(2)27)23(21)35-22(13)24(28)26-20-10-9-18-15(12-33-34(29,30)31)5-4-6-19(18)25-20/h4-10H,11-12H2,1-3H3,(H,25,26,28)(H2,29,30,31). The summed E-state index contributed by atoms with van der Waals surface area (Å²) in [6.07, 6.45) is 0. The van der Waals surface area contributed by atoms with Gasteiger partial charge in [0.2, 0.25) is 0 Å². The fourth-order valence-corrected chi connectivity index (χ4v) is 5.56. The van der Waals surface area contributed by atoms with Crippen molar-refractivity contribution >= 4 is 57.7 Å². The highest BCUT2D eigenvalue weighted by Gasteiger charge is 2.22. The summed E-state index contributed by atoms with van der Waals surface area (Å²) < 4.78 is 21.7. The van der Waals surface area contributed by atoms with E-state index < -0.39 is 7.82 Å². The summed E-state index contributed by atoms with van der Waals surface area (Å²) in [6, 6.07) is 12.0. The first kappa shape index (κ1) is 25.1. The van der Waals surface area contributed by atoms with Gasteiger partial charge in [-0.05, 0) is 54.8 Å². The van der Waals surface area contributed by atoms with Gasteiger partial charge in [-0.25, -0.2) is 9.55 Å². The number of Topliss-reactive ketones (excluding diaryl/α,β-unsaturated/α-hetero) is 1. The number of ketones is 1. The van der Waals surface area contributed by atoms with Crippen molar-refractivity contribution in [3.63, 3.8) is 0 Å². The quantitative estimate of drug-likeness (QED) is 0.222. The number of carbonyl (C=O) groups excluding carboxylic acids is 2. The zero-order valence-electron chi connectivity index (χ0n) is 19.2. The van der Waals surface area contributed by atoms with Crippen molar-refractivity contribution in [1.29, 1.82) is 0 Å². The third-order valence-corrected chi connectivity index (χ3v) is 7.29. The van der Waals surface area contributed by atoms with Crippen LogP contribution in [0.25, 0.3) is 21.0 Å². The Bertz CT molecular complexity index is 1510. The van der Waals surface area contributed by atoms with E-state index in [-0.39, 0.29) is 18.3 Å². The number of fused-ring (bicyclic) bond motifs is 2. The molecule has 2 heterocycles. The molecule has 0 radical (unpaired) electrons. The number of benzene rings is 2. The number of phosphoric ester groups is 1. The van der Waals surface area contributed by atoms with Gasteiger partial charge in [0.25, 0.3) is 5.91 Å². The van der Waals surface area contributed by atoms with Crippen LogP contribution >= 0.6 is 19.2 Å². The molecule has 0 aliphatic carbocycles. The smallest absolute Gasteiger partial charge is 0.380 e. The number of anilines is 1. The summed E-state index contributed by atoms with van der Waals surface area (Å²) >= 11 is 1.25. The summed E-state index contributed by atoms with van der Waals surface area (Å²) in [5.41, 5.74) is 3.30. The number of rotatable bonds is 8. The number of aromatic nitrogens is 1. The highest BCUT2D eigenvalue weighted by Crippen LogP contribution is 2.38. The van der Waals surface area contributed by atoms with E-state index in [1.165, 1.54) is 18.3 Å². The van der Waals surface area contributed by atoms with Crippen LogP contribution in [0, 0.1) is 6.92 Å². The molecule has 35 heavy (non-hydrogen) atoms. The van der Waals surface area contributed by atoms with Crippen molar-refractivity contribution in [2.24, 2.45) is 0 Å². The molecule has 4 aromatic rings. The number of nitrogens with zero attached hydrogens (tertiary/aromatic N) is 1. The van der Waals surface area contributed by atoms with E-state index in [0.717, 1.165) is 21.2 Å². The van der Waals surface area contributed by atoms with Crippen molar-refractivity contribution in [3.05, 3.63) is 69.6 Å². The van der Waals surface area contributed by atoms with E-state index in [1.54, 1.807) is 43.5 Å². The maximum atomic E-state index is 13.2. The number of hydrogen-bond acceptors (Lipinski definition) is 7. The van der Waals surface area contributed by atoms with E-state index in [0.29, 0.717) is 39.3 Å². The Morgan fingerprint density at radius 1 is 1.09 bits per heavy atom. The number of phosphoric acid groups is 1. The lowest BCUT2D eigenvalue weighted by Crippen LogP contribution is -2.12. The molecular formula is C24H23N2O7PS. The monoisotopic (exact) mass is 514 g/mol. The highest BCUT2D eigenvalue weighted by atomic mass is 32.1. The molecular weight excluding hydrogens is 491 g/mol. The summed E-state index contributed by atoms with van der Waals surface area (Å²) in [5, 5.41) is 4.31. The van der Waals surface area contributed by atoms with Crippen LogP contribution in [0.15, 0.2) is 42.5 Å². The minimum absolute atomic E-state index is 0.0816. The molecule has 0 saturated heterocycles. The number of aryl methyl sites for hydroxylation is 1. The van der Waals surface area contributed by atoms with E-state index >= 15 is 0 Å². The lowest BCUT2D eigenvalue weighted by molar-refractivity contribution is 0.101. The predicted octanol–water partition coefficient (Wildman–Crippen LogP) is 4.97. The molecule has 0 fully saturated rings. The molecule has 9 nitrogen and oxygen atoms in total. The lowest BCUT2D eigenvalue weighted by atomic mass is 10.0. The van der Waals surface area contributed by atoms with Crippen molar-refractivity contribution in [3.8, 4) is 0 Å². The second kappa shape index (κ2) is 9.94. The van der Waals surface area contributed by atoms with Crippen LogP contribution in [0.2, 0.25) is 0 Å². The largest absolute Gasteiger partial charge is 0.469 e. The number of methoxy groups -OCH3 is 1. The van der Waals surface area contributed by atoms with Crippen molar-refractivity contribution in [2.45, 2.75) is 27.1 Å². The third kappa shape index (κ3) is 5.33. The van der Waals surface area contributed by atoms with Crippen LogP contribution in [0.3, 0.4) is 0 Å². The predicted molar refractivity (Wildman–Crippen MR) is 134 cm³/mol. The van der Waals surface area contributed by atoms with Gasteiger partial charge in [-0.3, -0.25) is 14.1 Å². The number of amides is 1. The molecule has 0 aliphatic rings. The molecule has 0 bridgehead atoms. The van der Waals surface area contributed by atoms with Gasteiger partial charge in [0, 0.05) is 28.1 Å². The second-order valence-corrected chi connectivity index (χ2v) is 10.2. The first-order chi connectivity index (χ1) is 16.6. The zero-order chi connectivity index (χ0) is 25.3. The molecule has 3 N–H and O–H groups in total. The second-order valence-electron chi connectivity index (χ2n) is 7.92. The van der Waals surface area contributed by atoms with Crippen LogP contribution in [-0.2, 0) is 27.0 Å². The fourth-order valence-electron chi connectivity index (χ4n) is 3.94. The number of ether oxygens (including phenoxy) is 1. The molecule has 0 unspecified atom stereocenters. The van der Waals surface area contributed by atoms with Crippen molar-refractivity contribution in [2.75, 3.05) is 12.4 Å². The number of hydrogen-bond donors (Lipinski definition) is 3. The Morgan fingerprint density at radius 2 is 1.86 bits per heavy atom. The molecule has 2 aromatic carbocycles. The first-order valence-corrected chi connectivity index (χ1v) is 12.9.